The molecule has 3 aromatic heterocycles. The number of nitrogen functional groups attached to an aromatic ring is 1. The largest absolute Gasteiger partial charge is 0.457 e. The molecule has 0 spiro atoms. The third-order valence-electron chi connectivity index (χ3n) is 6.81. The van der Waals surface area contributed by atoms with Gasteiger partial charge >= 0.3 is 6.09 Å². The molecule has 4 aromatic rings. The molecule has 0 unspecified atom stereocenters. The van der Waals surface area contributed by atoms with Crippen LogP contribution in [0.25, 0.3) is 22.4 Å². The van der Waals surface area contributed by atoms with Crippen LogP contribution in [0.4, 0.5) is 10.6 Å². The van der Waals surface area contributed by atoms with Gasteiger partial charge in [0.15, 0.2) is 11.6 Å². The summed E-state index contributed by atoms with van der Waals surface area (Å²) < 4.78 is 25.6. The summed E-state index contributed by atoms with van der Waals surface area (Å²) in [5.74, 6) is 2.08. The Balaban J connectivity index is 1.43. The van der Waals surface area contributed by atoms with Gasteiger partial charge in [0.05, 0.1) is 10.9 Å². The molecular weight excluding hydrogens is 538 g/mol. The Morgan fingerprint density at radius 2 is 1.95 bits per heavy atom. The van der Waals surface area contributed by atoms with Gasteiger partial charge in [0, 0.05) is 46.2 Å². The first kappa shape index (κ1) is 28.7. The second-order valence-electron chi connectivity index (χ2n) is 12.7. The van der Waals surface area contributed by atoms with Crippen LogP contribution in [0, 0.1) is 0 Å². The predicted molar refractivity (Wildman–Crippen MR) is 161 cm³/mol. The van der Waals surface area contributed by atoms with E-state index >= 15 is 0 Å². The normalized spacial score (nSPS) is 13.9. The summed E-state index contributed by atoms with van der Waals surface area (Å²) >= 11 is 0. The maximum atomic E-state index is 12.7. The predicted octanol–water partition coefficient (Wildman–Crippen LogP) is 6.67. The van der Waals surface area contributed by atoms with E-state index in [0.717, 1.165) is 29.0 Å². The van der Waals surface area contributed by atoms with Crippen LogP contribution in [0.15, 0.2) is 47.2 Å². The maximum absolute atomic E-state index is 12.7. The average Bonchev–Trinajstić information content (AvgIpc) is 3.48. The van der Waals surface area contributed by atoms with Gasteiger partial charge in [-0.05, 0) is 62.6 Å². The van der Waals surface area contributed by atoms with Gasteiger partial charge < -0.3 is 33.9 Å². The van der Waals surface area contributed by atoms with Crippen molar-refractivity contribution in [2.45, 2.75) is 71.8 Å². The van der Waals surface area contributed by atoms with Gasteiger partial charge in [-0.15, -0.1) is 0 Å². The van der Waals surface area contributed by atoms with E-state index in [0.29, 0.717) is 55.2 Å². The Bertz CT molecular complexity index is 1550. The molecule has 0 aliphatic carbocycles. The number of hydrogen-bond donors (Lipinski definition) is 1. The van der Waals surface area contributed by atoms with Crippen molar-refractivity contribution in [1.29, 1.82) is 0 Å². The van der Waals surface area contributed by atoms with E-state index in [1.807, 2.05) is 49.7 Å². The van der Waals surface area contributed by atoms with Crippen LogP contribution < -0.4 is 10.5 Å². The Labute approximate surface area is 241 Å². The third kappa shape index (κ3) is 6.91. The molecule has 4 heterocycles. The minimum Gasteiger partial charge on any atom is -0.457 e. The van der Waals surface area contributed by atoms with Crippen LogP contribution >= 0.6 is 0 Å². The van der Waals surface area contributed by atoms with Gasteiger partial charge in [-0.25, -0.2) is 9.78 Å². The number of hydrogen-bond acceptors (Lipinski definition) is 8. The van der Waals surface area contributed by atoms with Gasteiger partial charge in [-0.1, -0.05) is 30.9 Å². The van der Waals surface area contributed by atoms with Gasteiger partial charge in [0.1, 0.15) is 29.5 Å². The number of amides is 1. The number of carbonyl (C=O) groups is 1. The molecule has 0 bridgehead atoms. The highest BCUT2D eigenvalue weighted by Crippen LogP contribution is 2.39. The highest BCUT2D eigenvalue weighted by atomic mass is 28.3. The lowest BCUT2D eigenvalue weighted by molar-refractivity contribution is 0.0223. The zero-order valence-corrected chi connectivity index (χ0v) is 25.7. The zero-order chi connectivity index (χ0) is 29.4. The van der Waals surface area contributed by atoms with Crippen LogP contribution in [0.3, 0.4) is 0 Å². The number of rotatable bonds is 8. The number of pyridine rings is 1. The Kier molecular flexibility index (Phi) is 7.84. The van der Waals surface area contributed by atoms with Crippen molar-refractivity contribution in [3.63, 3.8) is 0 Å². The molecule has 1 amide bonds. The monoisotopic (exact) mass is 577 g/mol. The van der Waals surface area contributed by atoms with Gasteiger partial charge in [-0.2, -0.15) is 0 Å². The minimum absolute atomic E-state index is 0.294. The Morgan fingerprint density at radius 1 is 1.15 bits per heavy atom. The summed E-state index contributed by atoms with van der Waals surface area (Å²) in [5.41, 5.74) is 9.02. The summed E-state index contributed by atoms with van der Waals surface area (Å²) in [7, 11) is -1.21. The lowest BCUT2D eigenvalue weighted by atomic mass is 10.00. The molecule has 0 saturated carbocycles. The fourth-order valence-electron chi connectivity index (χ4n) is 4.72. The lowest BCUT2D eigenvalue weighted by Gasteiger charge is -2.31. The van der Waals surface area contributed by atoms with Crippen LogP contribution in [0.2, 0.25) is 25.7 Å². The van der Waals surface area contributed by atoms with Crippen molar-refractivity contribution in [3.8, 4) is 22.8 Å². The zero-order valence-electron chi connectivity index (χ0n) is 24.7. The molecule has 1 aliphatic heterocycles. The van der Waals surface area contributed by atoms with Crippen LogP contribution in [0.1, 0.15) is 31.9 Å². The first-order chi connectivity index (χ1) is 19.4. The smallest absolute Gasteiger partial charge is 0.410 e. The number of nitrogens with two attached hydrogens (primary N) is 1. The topological polar surface area (TPSA) is 118 Å². The molecule has 0 fully saturated rings. The fourth-order valence-corrected chi connectivity index (χ4v) is 5.48. The van der Waals surface area contributed by atoms with Crippen molar-refractivity contribution in [2.24, 2.45) is 0 Å². The summed E-state index contributed by atoms with van der Waals surface area (Å²) in [4.78, 5) is 19.1. The molecule has 0 atom stereocenters. The molecule has 1 aliphatic rings. The molecule has 1 aromatic carbocycles. The molecule has 41 heavy (non-hydrogen) atoms. The quantitative estimate of drug-likeness (QED) is 0.182. The summed E-state index contributed by atoms with van der Waals surface area (Å²) in [6.07, 6.45) is 4.10. The van der Waals surface area contributed by atoms with Crippen LogP contribution in [0.5, 0.6) is 11.5 Å². The van der Waals surface area contributed by atoms with E-state index in [9.17, 15) is 4.79 Å². The Morgan fingerprint density at radius 3 is 2.66 bits per heavy atom. The van der Waals surface area contributed by atoms with Gasteiger partial charge in [0.25, 0.3) is 0 Å². The van der Waals surface area contributed by atoms with Crippen molar-refractivity contribution < 1.29 is 23.5 Å². The molecule has 11 heteroatoms. The van der Waals surface area contributed by atoms with E-state index < -0.39 is 13.7 Å². The third-order valence-corrected chi connectivity index (χ3v) is 8.51. The first-order valence-electron chi connectivity index (χ1n) is 13.9. The SMILES string of the molecule is CC(C)(C)OC(=O)N1CCc2ccc(Oc3ccnc4c3c(-c3cc(N)no3)cn4COCC[Si](C)(C)C)cc2C1. The number of benzene rings is 1. The maximum Gasteiger partial charge on any atom is 0.410 e. The lowest BCUT2D eigenvalue weighted by Crippen LogP contribution is -2.39. The molecule has 0 saturated heterocycles. The highest BCUT2D eigenvalue weighted by Gasteiger charge is 2.26. The minimum atomic E-state index is -1.21. The molecule has 0 radical (unpaired) electrons. The van der Waals surface area contributed by atoms with E-state index in [2.05, 4.69) is 35.8 Å². The number of aromatic nitrogens is 3. The summed E-state index contributed by atoms with van der Waals surface area (Å²) in [5, 5.41) is 4.65. The first-order valence-corrected chi connectivity index (χ1v) is 17.6. The average molecular weight is 578 g/mol. The number of fused-ring (bicyclic) bond motifs is 2. The molecule has 218 valence electrons. The van der Waals surface area contributed by atoms with Gasteiger partial charge in [-0.3, -0.25) is 0 Å². The summed E-state index contributed by atoms with van der Waals surface area (Å²) in [6, 6.07) is 10.6. The second-order valence-corrected chi connectivity index (χ2v) is 18.3. The number of nitrogens with zero attached hydrogens (tertiary/aromatic N) is 4. The van der Waals surface area contributed by atoms with E-state index in [1.54, 1.807) is 17.2 Å². The van der Waals surface area contributed by atoms with Crippen molar-refractivity contribution in [1.82, 2.24) is 19.6 Å². The van der Waals surface area contributed by atoms with E-state index in [-0.39, 0.29) is 6.09 Å². The van der Waals surface area contributed by atoms with Crippen molar-refractivity contribution in [3.05, 3.63) is 53.9 Å². The molecule has 2 N–H and O–H groups in total. The Hall–Kier alpha value is -3.83. The van der Waals surface area contributed by atoms with Gasteiger partial charge in [0.2, 0.25) is 0 Å². The molecular formula is C30H39N5O5Si. The van der Waals surface area contributed by atoms with Crippen molar-refractivity contribution >= 4 is 31.0 Å². The van der Waals surface area contributed by atoms with E-state index in [4.69, 9.17) is 24.5 Å². The number of anilines is 1. The number of carbonyl (C=O) groups excluding carboxylic acids is 1. The second kappa shape index (κ2) is 11.2. The molecule has 5 rings (SSSR count). The highest BCUT2D eigenvalue weighted by molar-refractivity contribution is 6.76. The molecule has 10 nitrogen and oxygen atoms in total. The fraction of sp³-hybridized carbons (Fsp3) is 0.433. The standard InChI is InChI=1S/C30H39N5O5Si/c1-30(2,3)39-29(36)34-12-10-20-7-8-22(15-21(20)17-34)38-24-9-11-32-28-27(24)23(25-16-26(31)33-40-25)18-35(28)19-37-13-14-41(4,5)6/h7-9,11,15-16,18H,10,12-14,17,19H2,1-6H3,(H2,31,33). The van der Waals surface area contributed by atoms with Crippen LogP contribution in [-0.4, -0.2) is 52.5 Å². The van der Waals surface area contributed by atoms with Crippen LogP contribution in [-0.2, 0) is 29.2 Å². The summed E-state index contributed by atoms with van der Waals surface area (Å²) in [6.45, 7) is 14.7. The van der Waals surface area contributed by atoms with Crippen molar-refractivity contribution in [2.75, 3.05) is 18.9 Å². The van der Waals surface area contributed by atoms with E-state index in [1.165, 1.54) is 5.56 Å². The number of ether oxygens (including phenoxy) is 3.